The van der Waals surface area contributed by atoms with Crippen molar-refractivity contribution < 1.29 is 9.59 Å². The monoisotopic (exact) mass is 337 g/mol. The van der Waals surface area contributed by atoms with Crippen LogP contribution in [0.15, 0.2) is 18.2 Å². The van der Waals surface area contributed by atoms with E-state index in [4.69, 9.17) is 11.6 Å². The fraction of sp³-hybridized carbons (Fsp3) is 0.529. The van der Waals surface area contributed by atoms with Gasteiger partial charge in [0.1, 0.15) is 0 Å². The maximum atomic E-state index is 12.3. The Morgan fingerprint density at radius 1 is 1.30 bits per heavy atom. The molecular formula is C17H24ClN3O2. The third-order valence-electron chi connectivity index (χ3n) is 4.10. The fourth-order valence-electron chi connectivity index (χ4n) is 2.70. The largest absolute Gasteiger partial charge is 0.333 e. The average molecular weight is 338 g/mol. The average Bonchev–Trinajstić information content (AvgIpc) is 3.01. The highest BCUT2D eigenvalue weighted by Gasteiger charge is 2.20. The van der Waals surface area contributed by atoms with Gasteiger partial charge in [0.25, 0.3) is 0 Å². The Labute approximate surface area is 142 Å². The van der Waals surface area contributed by atoms with E-state index >= 15 is 0 Å². The first-order valence-electron chi connectivity index (χ1n) is 8.05. The highest BCUT2D eigenvalue weighted by Crippen LogP contribution is 2.20. The van der Waals surface area contributed by atoms with Crippen LogP contribution in [0.4, 0.5) is 5.69 Å². The second kappa shape index (κ2) is 8.31. The molecule has 0 atom stereocenters. The molecule has 0 unspecified atom stereocenters. The number of hydrogen-bond acceptors (Lipinski definition) is 3. The molecule has 2 amide bonds. The summed E-state index contributed by atoms with van der Waals surface area (Å²) in [7, 11) is 0. The summed E-state index contributed by atoms with van der Waals surface area (Å²) in [5.74, 6) is -0.195. The number of aryl methyl sites for hydroxylation is 1. The van der Waals surface area contributed by atoms with E-state index in [2.05, 4.69) is 10.2 Å². The lowest BCUT2D eigenvalue weighted by Crippen LogP contribution is -2.43. The number of nitrogens with zero attached hydrogens (tertiary/aromatic N) is 2. The summed E-state index contributed by atoms with van der Waals surface area (Å²) in [5, 5.41) is 3.41. The number of nitrogens with one attached hydrogen (secondary N) is 1. The van der Waals surface area contributed by atoms with E-state index in [-0.39, 0.29) is 18.4 Å². The molecule has 6 heteroatoms. The quantitative estimate of drug-likeness (QED) is 0.868. The smallest absolute Gasteiger partial charge is 0.244 e. The van der Waals surface area contributed by atoms with Crippen molar-refractivity contribution in [1.29, 1.82) is 0 Å². The molecule has 0 spiro atoms. The summed E-state index contributed by atoms with van der Waals surface area (Å²) in [6, 6.07) is 5.36. The third kappa shape index (κ3) is 5.22. The number of likely N-dealkylation sites (tertiary alicyclic amines) is 1. The summed E-state index contributed by atoms with van der Waals surface area (Å²) < 4.78 is 0. The van der Waals surface area contributed by atoms with Gasteiger partial charge in [0.15, 0.2) is 0 Å². The van der Waals surface area contributed by atoms with E-state index in [9.17, 15) is 9.59 Å². The molecule has 1 aromatic carbocycles. The molecule has 0 saturated carbocycles. The van der Waals surface area contributed by atoms with Gasteiger partial charge in [0, 0.05) is 17.3 Å². The Morgan fingerprint density at radius 2 is 2.00 bits per heavy atom. The van der Waals surface area contributed by atoms with Gasteiger partial charge in [-0.2, -0.15) is 0 Å². The molecule has 2 rings (SSSR count). The van der Waals surface area contributed by atoms with Crippen molar-refractivity contribution in [3.05, 3.63) is 28.8 Å². The molecule has 0 aromatic heterocycles. The van der Waals surface area contributed by atoms with Crippen LogP contribution in [-0.4, -0.2) is 54.3 Å². The Morgan fingerprint density at radius 3 is 2.65 bits per heavy atom. The lowest BCUT2D eigenvalue weighted by molar-refractivity contribution is -0.135. The Hall–Kier alpha value is -1.59. The van der Waals surface area contributed by atoms with Crippen LogP contribution >= 0.6 is 11.6 Å². The molecule has 1 aliphatic rings. The van der Waals surface area contributed by atoms with Crippen molar-refractivity contribution in [3.8, 4) is 0 Å². The van der Waals surface area contributed by atoms with Crippen molar-refractivity contribution in [2.75, 3.05) is 38.0 Å². The number of anilines is 1. The van der Waals surface area contributed by atoms with Crippen LogP contribution in [0.2, 0.25) is 5.02 Å². The number of carbonyl (C=O) groups excluding carboxylic acids is 2. The number of hydrogen-bond donors (Lipinski definition) is 1. The van der Waals surface area contributed by atoms with Gasteiger partial charge in [0.05, 0.1) is 13.1 Å². The van der Waals surface area contributed by atoms with Crippen LogP contribution in [-0.2, 0) is 9.59 Å². The van der Waals surface area contributed by atoms with Crippen molar-refractivity contribution >= 4 is 29.1 Å². The second-order valence-electron chi connectivity index (χ2n) is 5.90. The summed E-state index contributed by atoms with van der Waals surface area (Å²) in [5.41, 5.74) is 1.62. The van der Waals surface area contributed by atoms with Crippen LogP contribution in [0.3, 0.4) is 0 Å². The molecule has 0 aliphatic carbocycles. The molecule has 1 fully saturated rings. The van der Waals surface area contributed by atoms with E-state index < -0.39 is 0 Å². The Kier molecular flexibility index (Phi) is 6.42. The normalized spacial score (nSPS) is 14.7. The van der Waals surface area contributed by atoms with Crippen LogP contribution in [0.25, 0.3) is 0 Å². The van der Waals surface area contributed by atoms with Gasteiger partial charge in [-0.15, -0.1) is 0 Å². The van der Waals surface area contributed by atoms with Crippen LogP contribution in [0, 0.1) is 6.92 Å². The summed E-state index contributed by atoms with van der Waals surface area (Å²) in [6.07, 6.45) is 2.29. The van der Waals surface area contributed by atoms with Crippen LogP contribution < -0.4 is 5.32 Å². The van der Waals surface area contributed by atoms with Crippen LogP contribution in [0.1, 0.15) is 25.3 Å². The standard InChI is InChI=1S/C17H24ClN3O2/c1-3-21(17(23)12-20-8-4-5-9-20)11-16(22)19-15-10-14(18)7-6-13(15)2/h6-7,10H,3-5,8-9,11-12H2,1-2H3,(H,19,22). The van der Waals surface area contributed by atoms with Gasteiger partial charge in [-0.1, -0.05) is 17.7 Å². The molecule has 1 N–H and O–H groups in total. The van der Waals surface area contributed by atoms with Crippen LogP contribution in [0.5, 0.6) is 0 Å². The zero-order chi connectivity index (χ0) is 16.8. The lowest BCUT2D eigenvalue weighted by atomic mass is 10.2. The minimum Gasteiger partial charge on any atom is -0.333 e. The molecule has 1 aromatic rings. The minimum atomic E-state index is -0.202. The van der Waals surface area contributed by atoms with E-state index in [1.165, 1.54) is 0 Å². The fourth-order valence-corrected chi connectivity index (χ4v) is 2.87. The van der Waals surface area contributed by atoms with E-state index in [0.29, 0.717) is 23.8 Å². The van der Waals surface area contributed by atoms with Gasteiger partial charge >= 0.3 is 0 Å². The zero-order valence-corrected chi connectivity index (χ0v) is 14.5. The molecule has 126 valence electrons. The van der Waals surface area contributed by atoms with Crippen molar-refractivity contribution in [2.24, 2.45) is 0 Å². The number of halogens is 1. The predicted molar refractivity (Wildman–Crippen MR) is 92.7 cm³/mol. The number of rotatable bonds is 6. The topological polar surface area (TPSA) is 52.7 Å². The molecule has 0 radical (unpaired) electrons. The molecule has 23 heavy (non-hydrogen) atoms. The molecular weight excluding hydrogens is 314 g/mol. The SMILES string of the molecule is CCN(CC(=O)Nc1cc(Cl)ccc1C)C(=O)CN1CCCC1. The minimum absolute atomic E-state index is 0.00682. The molecule has 5 nitrogen and oxygen atoms in total. The number of carbonyl (C=O) groups is 2. The highest BCUT2D eigenvalue weighted by molar-refractivity contribution is 6.31. The maximum Gasteiger partial charge on any atom is 0.244 e. The van der Waals surface area contributed by atoms with Gasteiger partial charge in [-0.05, 0) is 57.5 Å². The number of likely N-dealkylation sites (N-methyl/N-ethyl adjacent to an activating group) is 1. The van der Waals surface area contributed by atoms with Crippen molar-refractivity contribution in [2.45, 2.75) is 26.7 Å². The number of benzene rings is 1. The first kappa shape index (κ1) is 17.8. The lowest BCUT2D eigenvalue weighted by Gasteiger charge is -2.23. The maximum absolute atomic E-state index is 12.3. The molecule has 1 heterocycles. The van der Waals surface area contributed by atoms with E-state index in [1.807, 2.05) is 19.9 Å². The van der Waals surface area contributed by atoms with Gasteiger partial charge in [0.2, 0.25) is 11.8 Å². The first-order valence-corrected chi connectivity index (χ1v) is 8.43. The molecule has 1 saturated heterocycles. The van der Waals surface area contributed by atoms with Crippen molar-refractivity contribution in [3.63, 3.8) is 0 Å². The zero-order valence-electron chi connectivity index (χ0n) is 13.8. The van der Waals surface area contributed by atoms with Gasteiger partial charge in [-0.25, -0.2) is 0 Å². The van der Waals surface area contributed by atoms with E-state index in [0.717, 1.165) is 31.5 Å². The first-order chi connectivity index (χ1) is 11.0. The molecule has 1 aliphatic heterocycles. The number of amides is 2. The predicted octanol–water partition coefficient (Wildman–Crippen LogP) is 2.53. The van der Waals surface area contributed by atoms with Crippen molar-refractivity contribution in [1.82, 2.24) is 9.80 Å². The third-order valence-corrected chi connectivity index (χ3v) is 4.34. The van der Waals surface area contributed by atoms with Gasteiger partial charge in [-0.3, -0.25) is 14.5 Å². The summed E-state index contributed by atoms with van der Waals surface area (Å²) in [6.45, 7) is 6.72. The van der Waals surface area contributed by atoms with E-state index in [1.54, 1.807) is 17.0 Å². The summed E-state index contributed by atoms with van der Waals surface area (Å²) >= 11 is 5.96. The summed E-state index contributed by atoms with van der Waals surface area (Å²) in [4.78, 5) is 28.3. The Balaban J connectivity index is 1.90. The molecule has 0 bridgehead atoms. The van der Waals surface area contributed by atoms with Gasteiger partial charge < -0.3 is 10.2 Å². The highest BCUT2D eigenvalue weighted by atomic mass is 35.5. The second-order valence-corrected chi connectivity index (χ2v) is 6.34. The Bertz CT molecular complexity index is 571.